The van der Waals surface area contributed by atoms with Gasteiger partial charge in [0.25, 0.3) is 5.56 Å². The van der Waals surface area contributed by atoms with Gasteiger partial charge in [-0.2, -0.15) is 0 Å². The molecule has 2 N–H and O–H groups in total. The third kappa shape index (κ3) is 2.73. The van der Waals surface area contributed by atoms with Crippen LogP contribution in [-0.2, 0) is 0 Å². The summed E-state index contributed by atoms with van der Waals surface area (Å²) in [4.78, 5) is 20.3. The molecule has 0 aliphatic carbocycles. The van der Waals surface area contributed by atoms with E-state index in [1.807, 2.05) is 22.6 Å². The zero-order chi connectivity index (χ0) is 11.5. The highest BCUT2D eigenvalue weighted by Crippen LogP contribution is 2.16. The monoisotopic (exact) mass is 334 g/mol. The summed E-state index contributed by atoms with van der Waals surface area (Å²) in [5, 5.41) is 3.25. The SMILES string of the molecule is CN1CCC(CNc2nc[nH]c(=O)c2I)C1. The largest absolute Gasteiger partial charge is 0.369 e. The number of anilines is 1. The first-order valence-corrected chi connectivity index (χ1v) is 6.40. The second-order valence-corrected chi connectivity index (χ2v) is 5.27. The number of H-pyrrole nitrogens is 1. The first-order valence-electron chi connectivity index (χ1n) is 5.32. The molecule has 1 unspecified atom stereocenters. The lowest BCUT2D eigenvalue weighted by atomic mass is 10.1. The van der Waals surface area contributed by atoms with Gasteiger partial charge in [0.1, 0.15) is 9.39 Å². The maximum absolute atomic E-state index is 11.3. The molecule has 0 bridgehead atoms. The third-order valence-corrected chi connectivity index (χ3v) is 3.84. The van der Waals surface area contributed by atoms with Crippen LogP contribution in [-0.4, -0.2) is 41.5 Å². The molecule has 1 aromatic rings. The van der Waals surface area contributed by atoms with Crippen molar-refractivity contribution < 1.29 is 0 Å². The van der Waals surface area contributed by atoms with Gasteiger partial charge in [0.05, 0.1) is 6.33 Å². The lowest BCUT2D eigenvalue weighted by Crippen LogP contribution is -2.21. The minimum atomic E-state index is -0.0818. The van der Waals surface area contributed by atoms with Crippen molar-refractivity contribution in [2.24, 2.45) is 5.92 Å². The summed E-state index contributed by atoms with van der Waals surface area (Å²) in [6, 6.07) is 0. The van der Waals surface area contributed by atoms with Gasteiger partial charge in [-0.25, -0.2) is 4.98 Å². The normalized spacial score (nSPS) is 21.2. The smallest absolute Gasteiger partial charge is 0.266 e. The Morgan fingerprint density at radius 2 is 2.56 bits per heavy atom. The number of likely N-dealkylation sites (tertiary alicyclic amines) is 1. The van der Waals surface area contributed by atoms with Crippen LogP contribution in [0.1, 0.15) is 6.42 Å². The minimum absolute atomic E-state index is 0.0818. The van der Waals surface area contributed by atoms with Crippen LogP contribution in [0.25, 0.3) is 0 Å². The summed E-state index contributed by atoms with van der Waals surface area (Å²) in [5.74, 6) is 1.35. The van der Waals surface area contributed by atoms with Crippen LogP contribution in [0.5, 0.6) is 0 Å². The molecule has 16 heavy (non-hydrogen) atoms. The maximum Gasteiger partial charge on any atom is 0.266 e. The Kier molecular flexibility index (Phi) is 3.80. The first-order chi connectivity index (χ1) is 7.66. The van der Waals surface area contributed by atoms with Crippen molar-refractivity contribution in [3.8, 4) is 0 Å². The standard InChI is InChI=1S/C10H15IN4O/c1-15-3-2-7(5-15)4-12-9-8(11)10(16)14-6-13-9/h6-7H,2-5H2,1H3,(H2,12,13,14,16). The van der Waals surface area contributed by atoms with Gasteiger partial charge in [-0.05, 0) is 48.5 Å². The summed E-state index contributed by atoms with van der Waals surface area (Å²) < 4.78 is 0.631. The molecule has 88 valence electrons. The van der Waals surface area contributed by atoms with Crippen LogP contribution in [0, 0.1) is 9.49 Å². The van der Waals surface area contributed by atoms with Crippen molar-refractivity contribution >= 4 is 28.4 Å². The number of aromatic amines is 1. The highest BCUT2D eigenvalue weighted by Gasteiger charge is 2.19. The predicted octanol–water partition coefficient (Wildman–Crippen LogP) is 0.738. The van der Waals surface area contributed by atoms with Crippen molar-refractivity contribution in [2.45, 2.75) is 6.42 Å². The average Bonchev–Trinajstić information content (AvgIpc) is 2.67. The summed E-state index contributed by atoms with van der Waals surface area (Å²) in [6.07, 6.45) is 2.65. The fourth-order valence-corrected chi connectivity index (χ4v) is 2.43. The van der Waals surface area contributed by atoms with Crippen molar-refractivity contribution in [2.75, 3.05) is 32.0 Å². The molecular formula is C10H15IN4O. The predicted molar refractivity (Wildman–Crippen MR) is 71.7 cm³/mol. The molecule has 0 radical (unpaired) electrons. The van der Waals surface area contributed by atoms with Crippen LogP contribution in [0.3, 0.4) is 0 Å². The van der Waals surface area contributed by atoms with Gasteiger partial charge >= 0.3 is 0 Å². The van der Waals surface area contributed by atoms with Crippen molar-refractivity contribution in [3.63, 3.8) is 0 Å². The Morgan fingerprint density at radius 3 is 3.25 bits per heavy atom. The summed E-state index contributed by atoms with van der Waals surface area (Å²) in [6.45, 7) is 3.16. The number of aromatic nitrogens is 2. The Morgan fingerprint density at radius 1 is 1.75 bits per heavy atom. The number of nitrogens with zero attached hydrogens (tertiary/aromatic N) is 2. The average molecular weight is 334 g/mol. The fourth-order valence-electron chi connectivity index (χ4n) is 1.94. The molecular weight excluding hydrogens is 319 g/mol. The third-order valence-electron chi connectivity index (χ3n) is 2.84. The zero-order valence-corrected chi connectivity index (χ0v) is 11.3. The molecule has 2 heterocycles. The number of halogens is 1. The molecule has 5 nitrogen and oxygen atoms in total. The van der Waals surface area contributed by atoms with E-state index in [4.69, 9.17) is 0 Å². The molecule has 0 saturated carbocycles. The summed E-state index contributed by atoms with van der Waals surface area (Å²) in [5.41, 5.74) is -0.0818. The lowest BCUT2D eigenvalue weighted by Gasteiger charge is -2.12. The highest BCUT2D eigenvalue weighted by molar-refractivity contribution is 14.1. The summed E-state index contributed by atoms with van der Waals surface area (Å²) >= 11 is 2.02. The Bertz CT molecular complexity index is 420. The number of hydrogen-bond acceptors (Lipinski definition) is 4. The molecule has 1 aliphatic rings. The van der Waals surface area contributed by atoms with E-state index in [9.17, 15) is 4.79 Å². The molecule has 0 amide bonds. The maximum atomic E-state index is 11.3. The summed E-state index contributed by atoms with van der Waals surface area (Å²) in [7, 11) is 2.13. The molecule has 1 aromatic heterocycles. The van der Waals surface area contributed by atoms with E-state index in [2.05, 4.69) is 27.2 Å². The number of nitrogens with one attached hydrogen (secondary N) is 2. The molecule has 1 atom stereocenters. The van der Waals surface area contributed by atoms with Gasteiger partial charge in [0.15, 0.2) is 0 Å². The van der Waals surface area contributed by atoms with E-state index in [1.54, 1.807) is 0 Å². The van der Waals surface area contributed by atoms with E-state index in [-0.39, 0.29) is 5.56 Å². The number of hydrogen-bond donors (Lipinski definition) is 2. The Balaban J connectivity index is 1.95. The van der Waals surface area contributed by atoms with E-state index >= 15 is 0 Å². The topological polar surface area (TPSA) is 61.0 Å². The molecule has 0 spiro atoms. The van der Waals surface area contributed by atoms with Gasteiger partial charge in [-0.1, -0.05) is 0 Å². The quantitative estimate of drug-likeness (QED) is 0.801. The molecule has 1 aliphatic heterocycles. The highest BCUT2D eigenvalue weighted by atomic mass is 127. The Hall–Kier alpha value is -0.630. The van der Waals surface area contributed by atoms with Crippen molar-refractivity contribution in [3.05, 3.63) is 20.3 Å². The molecule has 1 saturated heterocycles. The van der Waals surface area contributed by atoms with Gasteiger partial charge < -0.3 is 15.2 Å². The van der Waals surface area contributed by atoms with E-state index in [1.165, 1.54) is 12.7 Å². The van der Waals surface area contributed by atoms with E-state index in [0.717, 1.165) is 19.6 Å². The van der Waals surface area contributed by atoms with Crippen LogP contribution in [0.2, 0.25) is 0 Å². The Labute approximate surface area is 108 Å². The molecule has 0 aromatic carbocycles. The van der Waals surface area contributed by atoms with Gasteiger partial charge in [-0.15, -0.1) is 0 Å². The second-order valence-electron chi connectivity index (χ2n) is 4.19. The van der Waals surface area contributed by atoms with Crippen LogP contribution < -0.4 is 10.9 Å². The number of rotatable bonds is 3. The first kappa shape index (κ1) is 11.8. The van der Waals surface area contributed by atoms with Gasteiger partial charge in [-0.3, -0.25) is 4.79 Å². The molecule has 2 rings (SSSR count). The van der Waals surface area contributed by atoms with Gasteiger partial charge in [0.2, 0.25) is 0 Å². The van der Waals surface area contributed by atoms with Crippen LogP contribution in [0.4, 0.5) is 5.82 Å². The van der Waals surface area contributed by atoms with Gasteiger partial charge in [0, 0.05) is 13.1 Å². The van der Waals surface area contributed by atoms with E-state index < -0.39 is 0 Å². The molecule has 1 fully saturated rings. The fraction of sp³-hybridized carbons (Fsp3) is 0.600. The van der Waals surface area contributed by atoms with Crippen LogP contribution >= 0.6 is 22.6 Å². The minimum Gasteiger partial charge on any atom is -0.369 e. The lowest BCUT2D eigenvalue weighted by molar-refractivity contribution is 0.399. The van der Waals surface area contributed by atoms with Crippen molar-refractivity contribution in [1.29, 1.82) is 0 Å². The van der Waals surface area contributed by atoms with E-state index in [0.29, 0.717) is 15.3 Å². The second kappa shape index (κ2) is 5.13. The van der Waals surface area contributed by atoms with Crippen molar-refractivity contribution in [1.82, 2.24) is 14.9 Å². The zero-order valence-electron chi connectivity index (χ0n) is 9.16. The molecule has 6 heteroatoms. The van der Waals surface area contributed by atoms with Crippen LogP contribution in [0.15, 0.2) is 11.1 Å².